The predicted molar refractivity (Wildman–Crippen MR) is 117 cm³/mol. The first-order chi connectivity index (χ1) is 15.6. The number of ether oxygens (including phenoxy) is 1. The molecule has 2 saturated heterocycles. The minimum atomic E-state index is -1.19. The molecular formula is C22H28N6O4. The highest BCUT2D eigenvalue weighted by Gasteiger charge is 2.44. The van der Waals surface area contributed by atoms with Gasteiger partial charge >= 0.3 is 0 Å². The van der Waals surface area contributed by atoms with Crippen molar-refractivity contribution in [3.05, 3.63) is 48.5 Å². The maximum absolute atomic E-state index is 10.4. The van der Waals surface area contributed by atoms with E-state index < -0.39 is 24.5 Å². The molecule has 0 aliphatic carbocycles. The number of aliphatic hydroxyl groups is 3. The zero-order valence-electron chi connectivity index (χ0n) is 17.7. The van der Waals surface area contributed by atoms with Gasteiger partial charge in [0.05, 0.1) is 12.9 Å². The number of aromatic nitrogens is 4. The number of rotatable bonds is 6. The number of imidazole rings is 1. The van der Waals surface area contributed by atoms with Crippen molar-refractivity contribution in [1.82, 2.24) is 24.4 Å². The highest BCUT2D eigenvalue weighted by molar-refractivity contribution is 5.82. The monoisotopic (exact) mass is 440 g/mol. The standard InChI is InChI=1S/C22H28N6O4/c29-11-16-18(30)19(31)22(32-16)28-13-25-17-20(23-12-24-21(17)28)26-15-6-8-27(9-7-15)10-14-4-2-1-3-5-14/h1-5,12-13,15-16,18-19,22,29-31H,6-11H2,(H,23,24,26)/t16-,18?,19?,22-/m1/s1. The molecule has 0 saturated carbocycles. The van der Waals surface area contributed by atoms with Gasteiger partial charge in [-0.05, 0) is 18.4 Å². The molecule has 3 aromatic rings. The maximum atomic E-state index is 10.4. The van der Waals surface area contributed by atoms with Gasteiger partial charge in [0.15, 0.2) is 23.2 Å². The van der Waals surface area contributed by atoms with E-state index in [2.05, 4.69) is 49.4 Å². The van der Waals surface area contributed by atoms with Gasteiger partial charge in [0.25, 0.3) is 0 Å². The second kappa shape index (κ2) is 9.08. The van der Waals surface area contributed by atoms with Gasteiger partial charge < -0.3 is 25.4 Å². The average molecular weight is 441 g/mol. The van der Waals surface area contributed by atoms with Crippen LogP contribution in [0.25, 0.3) is 11.2 Å². The van der Waals surface area contributed by atoms with E-state index in [4.69, 9.17) is 4.74 Å². The van der Waals surface area contributed by atoms with Crippen LogP contribution in [-0.4, -0.2) is 83.8 Å². The van der Waals surface area contributed by atoms with E-state index in [9.17, 15) is 15.3 Å². The first-order valence-corrected chi connectivity index (χ1v) is 11.0. The molecule has 10 nitrogen and oxygen atoms in total. The lowest BCUT2D eigenvalue weighted by atomic mass is 10.0. The Hall–Kier alpha value is -2.63. The van der Waals surface area contributed by atoms with Crippen LogP contribution >= 0.6 is 0 Å². The number of benzene rings is 1. The lowest BCUT2D eigenvalue weighted by Crippen LogP contribution is -2.38. The lowest BCUT2D eigenvalue weighted by molar-refractivity contribution is -0.0511. The largest absolute Gasteiger partial charge is 0.394 e. The van der Waals surface area contributed by atoms with Gasteiger partial charge in [-0.3, -0.25) is 9.47 Å². The van der Waals surface area contributed by atoms with E-state index >= 15 is 0 Å². The van der Waals surface area contributed by atoms with Crippen LogP contribution in [0, 0.1) is 0 Å². The summed E-state index contributed by atoms with van der Waals surface area (Å²) in [4.78, 5) is 15.6. The first-order valence-electron chi connectivity index (χ1n) is 11.0. The number of hydrogen-bond donors (Lipinski definition) is 4. The number of fused-ring (bicyclic) bond motifs is 1. The fourth-order valence-electron chi connectivity index (χ4n) is 4.52. The Morgan fingerprint density at radius 1 is 1.03 bits per heavy atom. The van der Waals surface area contributed by atoms with E-state index in [1.54, 1.807) is 4.57 Å². The number of piperidine rings is 1. The number of hydrogen-bond acceptors (Lipinski definition) is 9. The van der Waals surface area contributed by atoms with Crippen LogP contribution in [-0.2, 0) is 11.3 Å². The van der Waals surface area contributed by atoms with Crippen molar-refractivity contribution in [2.75, 3.05) is 25.0 Å². The SMILES string of the molecule is OC[C@H]1O[C@@H](n2cnc3c(NC4CCN(Cc5ccccc5)CC4)ncnc32)C(O)C1O. The van der Waals surface area contributed by atoms with Crippen LogP contribution in [0.5, 0.6) is 0 Å². The quantitative estimate of drug-likeness (QED) is 0.433. The Labute approximate surface area is 185 Å². The molecule has 0 amide bonds. The van der Waals surface area contributed by atoms with Crippen LogP contribution in [0.1, 0.15) is 24.6 Å². The second-order valence-electron chi connectivity index (χ2n) is 8.46. The summed E-state index contributed by atoms with van der Waals surface area (Å²) in [5, 5.41) is 33.3. The summed E-state index contributed by atoms with van der Waals surface area (Å²) in [7, 11) is 0. The summed E-state index contributed by atoms with van der Waals surface area (Å²) in [5.74, 6) is 0.641. The molecule has 2 fully saturated rings. The van der Waals surface area contributed by atoms with Gasteiger partial charge in [-0.1, -0.05) is 30.3 Å². The fraction of sp³-hybridized carbons (Fsp3) is 0.500. The molecule has 4 atom stereocenters. The number of nitrogens with one attached hydrogen (secondary N) is 1. The molecule has 2 aromatic heterocycles. The van der Waals surface area contributed by atoms with Gasteiger partial charge in [-0.15, -0.1) is 0 Å². The van der Waals surface area contributed by atoms with E-state index in [1.807, 2.05) is 6.07 Å². The number of aliphatic hydroxyl groups excluding tert-OH is 3. The summed E-state index contributed by atoms with van der Waals surface area (Å²) in [5.41, 5.74) is 2.41. The molecule has 0 spiro atoms. The molecule has 170 valence electrons. The van der Waals surface area contributed by atoms with Gasteiger partial charge in [0, 0.05) is 25.7 Å². The molecule has 4 N–H and O–H groups in total. The van der Waals surface area contributed by atoms with E-state index in [0.29, 0.717) is 17.0 Å². The molecule has 2 aliphatic heterocycles. The molecule has 1 aromatic carbocycles. The third-order valence-electron chi connectivity index (χ3n) is 6.33. The van der Waals surface area contributed by atoms with Crippen LogP contribution in [0.2, 0.25) is 0 Å². The molecule has 2 aliphatic rings. The molecule has 5 rings (SSSR count). The fourth-order valence-corrected chi connectivity index (χ4v) is 4.52. The minimum absolute atomic E-state index is 0.277. The van der Waals surface area contributed by atoms with Crippen molar-refractivity contribution in [3.8, 4) is 0 Å². The Morgan fingerprint density at radius 3 is 2.53 bits per heavy atom. The molecule has 32 heavy (non-hydrogen) atoms. The number of likely N-dealkylation sites (tertiary alicyclic amines) is 1. The Kier molecular flexibility index (Phi) is 6.03. The Morgan fingerprint density at radius 2 is 1.81 bits per heavy atom. The Bertz CT molecular complexity index is 1040. The number of anilines is 1. The number of nitrogens with zero attached hydrogens (tertiary/aromatic N) is 5. The first kappa shape index (κ1) is 21.2. The topological polar surface area (TPSA) is 129 Å². The molecule has 4 heterocycles. The van der Waals surface area contributed by atoms with Crippen LogP contribution in [0.4, 0.5) is 5.82 Å². The summed E-state index contributed by atoms with van der Waals surface area (Å²) in [6.07, 6.45) is 0.862. The van der Waals surface area contributed by atoms with Crippen LogP contribution in [0.15, 0.2) is 43.0 Å². The van der Waals surface area contributed by atoms with E-state index in [0.717, 1.165) is 32.5 Å². The smallest absolute Gasteiger partial charge is 0.167 e. The van der Waals surface area contributed by atoms with E-state index in [-0.39, 0.29) is 12.6 Å². The molecular weight excluding hydrogens is 412 g/mol. The maximum Gasteiger partial charge on any atom is 0.167 e. The van der Waals surface area contributed by atoms with Crippen molar-refractivity contribution in [2.45, 2.75) is 50.0 Å². The lowest BCUT2D eigenvalue weighted by Gasteiger charge is -2.32. The average Bonchev–Trinajstić information content (AvgIpc) is 3.37. The van der Waals surface area contributed by atoms with Crippen LogP contribution < -0.4 is 5.32 Å². The van der Waals surface area contributed by atoms with Gasteiger partial charge in [-0.25, -0.2) is 15.0 Å². The van der Waals surface area contributed by atoms with Crippen molar-refractivity contribution in [2.24, 2.45) is 0 Å². The highest BCUT2D eigenvalue weighted by atomic mass is 16.6. The summed E-state index contributed by atoms with van der Waals surface area (Å²) < 4.78 is 7.20. The molecule has 0 bridgehead atoms. The Balaban J connectivity index is 1.26. The third-order valence-corrected chi connectivity index (χ3v) is 6.33. The van der Waals surface area contributed by atoms with Crippen molar-refractivity contribution >= 4 is 17.0 Å². The minimum Gasteiger partial charge on any atom is -0.394 e. The van der Waals surface area contributed by atoms with Crippen LogP contribution in [0.3, 0.4) is 0 Å². The van der Waals surface area contributed by atoms with Gasteiger partial charge in [0.1, 0.15) is 24.6 Å². The summed E-state index contributed by atoms with van der Waals surface area (Å²) >= 11 is 0. The normalized spacial score (nSPS) is 27.2. The van der Waals surface area contributed by atoms with E-state index in [1.165, 1.54) is 18.2 Å². The summed E-state index contributed by atoms with van der Waals surface area (Å²) in [6, 6.07) is 10.8. The molecule has 10 heteroatoms. The van der Waals surface area contributed by atoms with Gasteiger partial charge in [0.2, 0.25) is 0 Å². The molecule has 2 unspecified atom stereocenters. The highest BCUT2D eigenvalue weighted by Crippen LogP contribution is 2.32. The second-order valence-corrected chi connectivity index (χ2v) is 8.46. The van der Waals surface area contributed by atoms with Crippen molar-refractivity contribution in [1.29, 1.82) is 0 Å². The van der Waals surface area contributed by atoms with Crippen molar-refractivity contribution in [3.63, 3.8) is 0 Å². The van der Waals surface area contributed by atoms with Crippen molar-refractivity contribution < 1.29 is 20.1 Å². The molecule has 0 radical (unpaired) electrons. The zero-order valence-corrected chi connectivity index (χ0v) is 17.7. The summed E-state index contributed by atoms with van der Waals surface area (Å²) in [6.45, 7) is 2.57. The van der Waals surface area contributed by atoms with Gasteiger partial charge in [-0.2, -0.15) is 0 Å². The predicted octanol–water partition coefficient (Wildman–Crippen LogP) is 0.514. The third kappa shape index (κ3) is 4.07. The zero-order chi connectivity index (χ0) is 22.1.